The number of hydrogen-bond acceptors (Lipinski definition) is 1. The van der Waals surface area contributed by atoms with Gasteiger partial charge in [-0.15, -0.1) is 0 Å². The van der Waals surface area contributed by atoms with E-state index in [1.165, 1.54) is 38.5 Å². The predicted octanol–water partition coefficient (Wildman–Crippen LogP) is 3.90. The first kappa shape index (κ1) is 12.0. The summed E-state index contributed by atoms with van der Waals surface area (Å²) in [5.74, 6) is 0.623. The molecule has 1 N–H and O–H groups in total. The minimum atomic E-state index is -0.237. The second-order valence-electron chi connectivity index (χ2n) is 4.93. The Morgan fingerprint density at radius 3 is 2.29 bits per heavy atom. The number of rotatable bonds is 8. The maximum Gasteiger partial charge on any atom is 0.0680 e. The van der Waals surface area contributed by atoms with Crippen molar-refractivity contribution in [3.63, 3.8) is 0 Å². The summed E-state index contributed by atoms with van der Waals surface area (Å²) in [6, 6.07) is 0. The molecule has 1 rings (SSSR count). The highest BCUT2D eigenvalue weighted by Crippen LogP contribution is 2.49. The standard InChI is InChI=1S/C13H26O/c1-3-5-6-7-8-9-10-13(14)11-12(13)4-2/h12,14H,3-11H2,1-2H3/t12-,13-/m0/s1. The fourth-order valence-corrected chi connectivity index (χ4v) is 2.41. The maximum atomic E-state index is 9.99. The van der Waals surface area contributed by atoms with Crippen molar-refractivity contribution in [3.8, 4) is 0 Å². The Bertz CT molecular complexity index is 155. The van der Waals surface area contributed by atoms with E-state index < -0.39 is 0 Å². The third kappa shape index (κ3) is 3.61. The molecule has 14 heavy (non-hydrogen) atoms. The predicted molar refractivity (Wildman–Crippen MR) is 61.3 cm³/mol. The Balaban J connectivity index is 1.90. The molecule has 0 unspecified atom stereocenters. The molecule has 0 amide bonds. The average Bonchev–Trinajstić information content (AvgIpc) is 2.84. The van der Waals surface area contributed by atoms with Gasteiger partial charge in [-0.3, -0.25) is 0 Å². The molecule has 84 valence electrons. The first-order valence-electron chi connectivity index (χ1n) is 6.45. The van der Waals surface area contributed by atoms with Crippen LogP contribution in [0.5, 0.6) is 0 Å². The zero-order valence-electron chi connectivity index (χ0n) is 9.89. The lowest BCUT2D eigenvalue weighted by atomic mass is 10.0. The van der Waals surface area contributed by atoms with Crippen LogP contribution in [0, 0.1) is 5.92 Å². The Morgan fingerprint density at radius 1 is 1.07 bits per heavy atom. The fourth-order valence-electron chi connectivity index (χ4n) is 2.41. The molecule has 1 fully saturated rings. The topological polar surface area (TPSA) is 20.2 Å². The van der Waals surface area contributed by atoms with E-state index in [0.717, 1.165) is 19.3 Å². The van der Waals surface area contributed by atoms with Gasteiger partial charge in [0.15, 0.2) is 0 Å². The molecule has 0 heterocycles. The zero-order valence-corrected chi connectivity index (χ0v) is 9.89. The molecule has 0 aromatic carbocycles. The second kappa shape index (κ2) is 5.75. The highest BCUT2D eigenvalue weighted by molar-refractivity contribution is 5.02. The van der Waals surface area contributed by atoms with Crippen molar-refractivity contribution >= 4 is 0 Å². The lowest BCUT2D eigenvalue weighted by molar-refractivity contribution is 0.117. The van der Waals surface area contributed by atoms with E-state index in [9.17, 15) is 5.11 Å². The molecule has 1 aliphatic rings. The van der Waals surface area contributed by atoms with Gasteiger partial charge in [-0.1, -0.05) is 58.8 Å². The summed E-state index contributed by atoms with van der Waals surface area (Å²) in [5.41, 5.74) is -0.237. The molecule has 0 saturated heterocycles. The molecule has 1 heteroatoms. The van der Waals surface area contributed by atoms with Crippen LogP contribution in [-0.2, 0) is 0 Å². The largest absolute Gasteiger partial charge is 0.390 e. The van der Waals surface area contributed by atoms with E-state index in [0.29, 0.717) is 5.92 Å². The van der Waals surface area contributed by atoms with Gasteiger partial charge in [0, 0.05) is 0 Å². The molecule has 1 aliphatic carbocycles. The van der Waals surface area contributed by atoms with Gasteiger partial charge in [-0.2, -0.15) is 0 Å². The van der Waals surface area contributed by atoms with Crippen LogP contribution in [0.4, 0.5) is 0 Å². The van der Waals surface area contributed by atoms with Crippen LogP contribution in [0.15, 0.2) is 0 Å². The quantitative estimate of drug-likeness (QED) is 0.586. The number of aliphatic hydroxyl groups is 1. The van der Waals surface area contributed by atoms with Crippen LogP contribution in [-0.4, -0.2) is 10.7 Å². The summed E-state index contributed by atoms with van der Waals surface area (Å²) >= 11 is 0. The van der Waals surface area contributed by atoms with Crippen LogP contribution in [0.2, 0.25) is 0 Å². The smallest absolute Gasteiger partial charge is 0.0680 e. The Kier molecular flexibility index (Phi) is 4.94. The van der Waals surface area contributed by atoms with Crippen molar-refractivity contribution in [2.24, 2.45) is 5.92 Å². The van der Waals surface area contributed by atoms with Gasteiger partial charge in [-0.25, -0.2) is 0 Å². The summed E-state index contributed by atoms with van der Waals surface area (Å²) < 4.78 is 0. The third-order valence-corrected chi connectivity index (χ3v) is 3.66. The van der Waals surface area contributed by atoms with Gasteiger partial charge >= 0.3 is 0 Å². The van der Waals surface area contributed by atoms with E-state index in [1.807, 2.05) is 0 Å². The van der Waals surface area contributed by atoms with Crippen LogP contribution < -0.4 is 0 Å². The van der Waals surface area contributed by atoms with E-state index in [1.54, 1.807) is 0 Å². The van der Waals surface area contributed by atoms with Crippen molar-refractivity contribution in [1.82, 2.24) is 0 Å². The molecular weight excluding hydrogens is 172 g/mol. The molecule has 0 spiro atoms. The molecular formula is C13H26O. The summed E-state index contributed by atoms with van der Waals surface area (Å²) in [4.78, 5) is 0. The molecule has 0 aliphatic heterocycles. The first-order chi connectivity index (χ1) is 6.73. The molecule has 0 aromatic heterocycles. The zero-order chi connectivity index (χ0) is 10.4. The van der Waals surface area contributed by atoms with Gasteiger partial charge in [0.1, 0.15) is 0 Å². The minimum absolute atomic E-state index is 0.237. The Morgan fingerprint density at radius 2 is 1.71 bits per heavy atom. The third-order valence-electron chi connectivity index (χ3n) is 3.66. The van der Waals surface area contributed by atoms with Gasteiger partial charge in [0.2, 0.25) is 0 Å². The average molecular weight is 198 g/mol. The molecule has 0 bridgehead atoms. The normalized spacial score (nSPS) is 30.6. The van der Waals surface area contributed by atoms with Gasteiger partial charge in [-0.05, 0) is 18.8 Å². The van der Waals surface area contributed by atoms with E-state index in [-0.39, 0.29) is 5.60 Å². The van der Waals surface area contributed by atoms with E-state index >= 15 is 0 Å². The van der Waals surface area contributed by atoms with Crippen LogP contribution in [0.25, 0.3) is 0 Å². The van der Waals surface area contributed by atoms with Crippen molar-refractivity contribution in [2.45, 2.75) is 77.2 Å². The Labute approximate surface area is 88.9 Å². The van der Waals surface area contributed by atoms with Crippen molar-refractivity contribution in [3.05, 3.63) is 0 Å². The monoisotopic (exact) mass is 198 g/mol. The van der Waals surface area contributed by atoms with E-state index in [4.69, 9.17) is 0 Å². The lowest BCUT2D eigenvalue weighted by Crippen LogP contribution is -2.10. The molecule has 0 aromatic rings. The van der Waals surface area contributed by atoms with Crippen molar-refractivity contribution in [1.29, 1.82) is 0 Å². The van der Waals surface area contributed by atoms with Gasteiger partial charge < -0.3 is 5.11 Å². The summed E-state index contributed by atoms with van der Waals surface area (Å²) in [7, 11) is 0. The second-order valence-corrected chi connectivity index (χ2v) is 4.93. The van der Waals surface area contributed by atoms with Gasteiger partial charge in [0.05, 0.1) is 5.60 Å². The maximum absolute atomic E-state index is 9.99. The van der Waals surface area contributed by atoms with E-state index in [2.05, 4.69) is 13.8 Å². The highest BCUT2D eigenvalue weighted by Gasteiger charge is 2.50. The van der Waals surface area contributed by atoms with Crippen molar-refractivity contribution in [2.75, 3.05) is 0 Å². The molecule has 0 radical (unpaired) electrons. The fraction of sp³-hybridized carbons (Fsp3) is 1.00. The van der Waals surface area contributed by atoms with Crippen LogP contribution in [0.1, 0.15) is 71.6 Å². The van der Waals surface area contributed by atoms with Crippen LogP contribution >= 0.6 is 0 Å². The first-order valence-corrected chi connectivity index (χ1v) is 6.45. The summed E-state index contributed by atoms with van der Waals surface area (Å²) in [5, 5.41) is 9.99. The highest BCUT2D eigenvalue weighted by atomic mass is 16.3. The van der Waals surface area contributed by atoms with Crippen LogP contribution in [0.3, 0.4) is 0 Å². The Hall–Kier alpha value is -0.0400. The summed E-state index contributed by atoms with van der Waals surface area (Å²) in [6.07, 6.45) is 11.3. The number of hydrogen-bond donors (Lipinski definition) is 1. The number of unbranched alkanes of at least 4 members (excludes halogenated alkanes) is 5. The SMILES string of the molecule is CCCCCCCC[C@]1(O)C[C@@H]1CC. The van der Waals surface area contributed by atoms with Crippen molar-refractivity contribution < 1.29 is 5.11 Å². The molecule has 1 saturated carbocycles. The summed E-state index contributed by atoms with van der Waals surface area (Å²) in [6.45, 7) is 4.43. The molecule has 2 atom stereocenters. The lowest BCUT2D eigenvalue weighted by Gasteiger charge is -2.09. The molecule has 1 nitrogen and oxygen atoms in total. The minimum Gasteiger partial charge on any atom is -0.390 e. The van der Waals surface area contributed by atoms with Gasteiger partial charge in [0.25, 0.3) is 0 Å².